The fourth-order valence-electron chi connectivity index (χ4n) is 5.22. The Morgan fingerprint density at radius 3 is 2.38 bits per heavy atom. The molecule has 5 nitrogen and oxygen atoms in total. The Morgan fingerprint density at radius 1 is 1.03 bits per heavy atom. The van der Waals surface area contributed by atoms with Gasteiger partial charge in [-0.3, -0.25) is 4.79 Å². The lowest BCUT2D eigenvalue weighted by molar-refractivity contribution is 0.0951. The second-order valence-electron chi connectivity index (χ2n) is 8.43. The smallest absolute Gasteiger partial charge is 0.185 e. The van der Waals surface area contributed by atoms with Crippen LogP contribution in [0.25, 0.3) is 6.08 Å². The third-order valence-corrected chi connectivity index (χ3v) is 7.00. The van der Waals surface area contributed by atoms with Gasteiger partial charge in [-0.1, -0.05) is 66.2 Å². The van der Waals surface area contributed by atoms with Gasteiger partial charge < -0.3 is 9.64 Å². The van der Waals surface area contributed by atoms with E-state index in [0.29, 0.717) is 16.3 Å². The molecule has 5 rings (SSSR count). The normalized spacial score (nSPS) is 21.6. The maximum absolute atomic E-state index is 14.1. The minimum Gasteiger partial charge on any atom is -0.497 e. The number of nitriles is 2. The first-order valence-corrected chi connectivity index (χ1v) is 11.2. The summed E-state index contributed by atoms with van der Waals surface area (Å²) in [5.41, 5.74) is 1.39. The lowest BCUT2D eigenvalue weighted by Crippen LogP contribution is -2.44. The molecule has 0 bridgehead atoms. The molecule has 2 aliphatic heterocycles. The molecule has 3 unspecified atom stereocenters. The molecule has 2 heterocycles. The monoisotopic (exact) mass is 465 g/mol. The topological polar surface area (TPSA) is 77.1 Å². The first-order chi connectivity index (χ1) is 16.5. The zero-order chi connectivity index (χ0) is 23.9. The van der Waals surface area contributed by atoms with Crippen molar-refractivity contribution in [2.45, 2.75) is 18.0 Å². The van der Waals surface area contributed by atoms with Crippen LogP contribution in [0.1, 0.15) is 27.4 Å². The van der Waals surface area contributed by atoms with Crippen molar-refractivity contribution in [3.05, 3.63) is 101 Å². The second-order valence-corrected chi connectivity index (χ2v) is 8.87. The van der Waals surface area contributed by atoms with Gasteiger partial charge in [0.1, 0.15) is 11.8 Å². The molecule has 3 atom stereocenters. The van der Waals surface area contributed by atoms with Crippen LogP contribution in [0.2, 0.25) is 5.02 Å². The van der Waals surface area contributed by atoms with E-state index in [1.54, 1.807) is 37.4 Å². The highest BCUT2D eigenvalue weighted by atomic mass is 35.5. The van der Waals surface area contributed by atoms with Gasteiger partial charge in [0.25, 0.3) is 0 Å². The summed E-state index contributed by atoms with van der Waals surface area (Å²) in [6.07, 6.45) is 3.73. The zero-order valence-electron chi connectivity index (χ0n) is 18.4. The number of halogens is 1. The Labute approximate surface area is 203 Å². The molecule has 0 aromatic heterocycles. The SMILES string of the molecule is COc1ccc(C2C(C(=O)c3ccccc3)N3c4ccc(Cl)cc4C=CC3C2(C#N)C#N)cc1. The number of hydrogen-bond acceptors (Lipinski definition) is 5. The number of rotatable bonds is 4. The van der Waals surface area contributed by atoms with E-state index in [9.17, 15) is 15.3 Å². The van der Waals surface area contributed by atoms with Crippen molar-refractivity contribution in [3.8, 4) is 17.9 Å². The standard InChI is InChI=1S/C28H20ClN3O2/c1-34-22-11-7-18(8-12-22)25-26(27(33)19-5-3-2-4-6-19)32-23-13-10-21(29)15-20(23)9-14-24(32)28(25,16-30)17-31/h2-15,24-26H,1H3. The molecule has 2 aliphatic rings. The number of benzene rings is 3. The lowest BCUT2D eigenvalue weighted by atomic mass is 9.69. The van der Waals surface area contributed by atoms with E-state index >= 15 is 0 Å². The maximum atomic E-state index is 14.1. The molecule has 0 aliphatic carbocycles. The van der Waals surface area contributed by atoms with Gasteiger partial charge in [0.05, 0.1) is 25.3 Å². The van der Waals surface area contributed by atoms with Gasteiger partial charge in [-0.05, 0) is 41.5 Å². The van der Waals surface area contributed by atoms with E-state index < -0.39 is 23.4 Å². The number of Topliss-reactive ketones (excluding diaryl/α,β-unsaturated/α-hetero) is 1. The highest BCUT2D eigenvalue weighted by Crippen LogP contribution is 2.55. The van der Waals surface area contributed by atoms with Crippen molar-refractivity contribution in [3.63, 3.8) is 0 Å². The van der Waals surface area contributed by atoms with E-state index in [2.05, 4.69) is 12.1 Å². The number of carbonyl (C=O) groups is 1. The third kappa shape index (κ3) is 3.17. The Bertz CT molecular complexity index is 1360. The van der Waals surface area contributed by atoms with Crippen LogP contribution in [-0.4, -0.2) is 25.0 Å². The summed E-state index contributed by atoms with van der Waals surface area (Å²) in [6.45, 7) is 0. The summed E-state index contributed by atoms with van der Waals surface area (Å²) in [5, 5.41) is 21.5. The van der Waals surface area contributed by atoms with E-state index in [4.69, 9.17) is 16.3 Å². The number of methoxy groups -OCH3 is 1. The Morgan fingerprint density at radius 2 is 1.74 bits per heavy atom. The molecule has 1 saturated heterocycles. The van der Waals surface area contributed by atoms with Gasteiger partial charge in [0, 0.05) is 22.2 Å². The average molecular weight is 466 g/mol. The van der Waals surface area contributed by atoms with Crippen LogP contribution in [0.3, 0.4) is 0 Å². The predicted octanol–water partition coefficient (Wildman–Crippen LogP) is 5.63. The number of hydrogen-bond donors (Lipinski definition) is 0. The van der Waals surface area contributed by atoms with Gasteiger partial charge in [-0.15, -0.1) is 0 Å². The molecule has 6 heteroatoms. The van der Waals surface area contributed by atoms with Crippen molar-refractivity contribution >= 4 is 29.1 Å². The van der Waals surface area contributed by atoms with Crippen molar-refractivity contribution in [2.75, 3.05) is 12.0 Å². The maximum Gasteiger partial charge on any atom is 0.185 e. The van der Waals surface area contributed by atoms with Gasteiger partial charge in [-0.25, -0.2) is 0 Å². The van der Waals surface area contributed by atoms with E-state index in [0.717, 1.165) is 16.8 Å². The fourth-order valence-corrected chi connectivity index (χ4v) is 5.40. The molecular weight excluding hydrogens is 446 g/mol. The predicted molar refractivity (Wildman–Crippen MR) is 131 cm³/mol. The summed E-state index contributed by atoms with van der Waals surface area (Å²) >= 11 is 6.24. The van der Waals surface area contributed by atoms with Crippen LogP contribution in [0.15, 0.2) is 78.9 Å². The van der Waals surface area contributed by atoms with Crippen LogP contribution in [-0.2, 0) is 0 Å². The molecule has 0 amide bonds. The van der Waals surface area contributed by atoms with E-state index in [1.165, 1.54) is 0 Å². The second kappa shape index (κ2) is 8.37. The average Bonchev–Trinajstić information content (AvgIpc) is 3.19. The highest BCUT2D eigenvalue weighted by Gasteiger charge is 2.63. The molecule has 0 spiro atoms. The minimum absolute atomic E-state index is 0.144. The molecule has 34 heavy (non-hydrogen) atoms. The van der Waals surface area contributed by atoms with Crippen molar-refractivity contribution in [1.82, 2.24) is 0 Å². The van der Waals surface area contributed by atoms with Gasteiger partial charge in [0.2, 0.25) is 0 Å². The van der Waals surface area contributed by atoms with Crippen molar-refractivity contribution in [2.24, 2.45) is 5.41 Å². The first kappa shape index (κ1) is 21.8. The third-order valence-electron chi connectivity index (χ3n) is 6.77. The van der Waals surface area contributed by atoms with Gasteiger partial charge >= 0.3 is 0 Å². The Balaban J connectivity index is 1.77. The van der Waals surface area contributed by atoms with Crippen LogP contribution in [0.5, 0.6) is 5.75 Å². The van der Waals surface area contributed by atoms with E-state index in [1.807, 2.05) is 59.5 Å². The molecule has 0 radical (unpaired) electrons. The van der Waals surface area contributed by atoms with Crippen LogP contribution in [0, 0.1) is 28.1 Å². The number of nitrogens with zero attached hydrogens (tertiary/aromatic N) is 3. The summed E-state index contributed by atoms with van der Waals surface area (Å²) in [5.74, 6) is -0.183. The number of ketones is 1. The zero-order valence-corrected chi connectivity index (χ0v) is 19.1. The highest BCUT2D eigenvalue weighted by molar-refractivity contribution is 6.30. The molecule has 3 aromatic carbocycles. The largest absolute Gasteiger partial charge is 0.497 e. The van der Waals surface area contributed by atoms with Gasteiger partial charge in [0.15, 0.2) is 11.2 Å². The Kier molecular flexibility index (Phi) is 5.36. The van der Waals surface area contributed by atoms with Crippen molar-refractivity contribution < 1.29 is 9.53 Å². The fraction of sp³-hybridized carbons (Fsp3) is 0.179. The van der Waals surface area contributed by atoms with Crippen molar-refractivity contribution in [1.29, 1.82) is 10.5 Å². The molecule has 3 aromatic rings. The number of ether oxygens (including phenoxy) is 1. The number of anilines is 1. The first-order valence-electron chi connectivity index (χ1n) is 10.9. The molecule has 166 valence electrons. The number of carbonyl (C=O) groups excluding carboxylic acids is 1. The van der Waals surface area contributed by atoms with Crippen LogP contribution < -0.4 is 9.64 Å². The lowest BCUT2D eigenvalue weighted by Gasteiger charge is -2.35. The Hall–Kier alpha value is -4.06. The summed E-state index contributed by atoms with van der Waals surface area (Å²) < 4.78 is 5.30. The molecule has 1 fully saturated rings. The van der Waals surface area contributed by atoms with Crippen LogP contribution in [0.4, 0.5) is 5.69 Å². The summed E-state index contributed by atoms with van der Waals surface area (Å²) in [4.78, 5) is 16.0. The van der Waals surface area contributed by atoms with Gasteiger partial charge in [-0.2, -0.15) is 10.5 Å². The van der Waals surface area contributed by atoms with Crippen LogP contribution >= 0.6 is 11.6 Å². The molecular formula is C28H20ClN3O2. The molecule has 0 N–H and O–H groups in total. The molecule has 0 saturated carbocycles. The van der Waals surface area contributed by atoms with E-state index in [-0.39, 0.29) is 5.78 Å². The quantitative estimate of drug-likeness (QED) is 0.466. The number of fused-ring (bicyclic) bond motifs is 3. The summed E-state index contributed by atoms with van der Waals surface area (Å²) in [7, 11) is 1.58. The summed E-state index contributed by atoms with van der Waals surface area (Å²) in [6, 6.07) is 25.0. The minimum atomic E-state index is -1.49.